The molecule has 0 aromatic heterocycles. The largest absolute Gasteiger partial charge is 0.123 e. The van der Waals surface area contributed by atoms with E-state index in [-0.39, 0.29) is 0 Å². The fraction of sp³-hybridized carbons (Fsp3) is 1.00. The van der Waals surface area contributed by atoms with Gasteiger partial charge in [0.15, 0.2) is 0 Å². The van der Waals surface area contributed by atoms with Crippen LogP contribution in [0.5, 0.6) is 0 Å². The molecule has 4 aliphatic carbocycles. The minimum atomic E-state index is 0.369. The zero-order valence-corrected chi connectivity index (χ0v) is 15.7. The Bertz CT molecular complexity index is 430. The van der Waals surface area contributed by atoms with Crippen LogP contribution in [0.4, 0.5) is 0 Å². The summed E-state index contributed by atoms with van der Waals surface area (Å²) in [5.74, 6) is 4.87. The van der Waals surface area contributed by atoms with Crippen LogP contribution in [0.25, 0.3) is 0 Å². The molecular formula is C21H35Cl. The second kappa shape index (κ2) is 5.40. The molecule has 0 saturated heterocycles. The van der Waals surface area contributed by atoms with Crippen molar-refractivity contribution < 1.29 is 0 Å². The van der Waals surface area contributed by atoms with E-state index in [9.17, 15) is 0 Å². The van der Waals surface area contributed by atoms with Gasteiger partial charge in [-0.2, -0.15) is 0 Å². The summed E-state index contributed by atoms with van der Waals surface area (Å²) in [6.07, 6.45) is 15.0. The summed E-state index contributed by atoms with van der Waals surface area (Å²) in [5, 5.41) is 0.369. The molecule has 22 heavy (non-hydrogen) atoms. The molecule has 0 aromatic carbocycles. The third kappa shape index (κ3) is 2.08. The molecule has 0 amide bonds. The minimum absolute atomic E-state index is 0.369. The van der Waals surface area contributed by atoms with E-state index in [4.69, 9.17) is 11.6 Å². The van der Waals surface area contributed by atoms with Gasteiger partial charge in [-0.05, 0) is 98.7 Å². The lowest BCUT2D eigenvalue weighted by Crippen LogP contribution is -2.53. The van der Waals surface area contributed by atoms with E-state index in [1.54, 1.807) is 0 Å². The fourth-order valence-corrected chi connectivity index (χ4v) is 8.50. The van der Waals surface area contributed by atoms with Crippen LogP contribution in [0.3, 0.4) is 0 Å². The van der Waals surface area contributed by atoms with E-state index in [1.807, 2.05) is 0 Å². The van der Waals surface area contributed by atoms with Crippen LogP contribution < -0.4 is 0 Å². The number of halogens is 1. The highest BCUT2D eigenvalue weighted by Gasteiger charge is 2.59. The van der Waals surface area contributed by atoms with Crippen molar-refractivity contribution in [3.8, 4) is 0 Å². The predicted octanol–water partition coefficient (Wildman–Crippen LogP) is 6.66. The normalized spacial score (nSPS) is 55.9. The van der Waals surface area contributed by atoms with Crippen molar-refractivity contribution >= 4 is 11.6 Å². The molecule has 2 unspecified atom stereocenters. The average molecular weight is 323 g/mol. The Kier molecular flexibility index (Phi) is 3.88. The lowest BCUT2D eigenvalue weighted by molar-refractivity contribution is -0.110. The number of rotatable bonds is 1. The highest BCUT2D eigenvalue weighted by molar-refractivity contribution is 6.20. The van der Waals surface area contributed by atoms with Gasteiger partial charge < -0.3 is 0 Å². The number of alkyl halides is 1. The maximum Gasteiger partial charge on any atom is 0.0341 e. The summed E-state index contributed by atoms with van der Waals surface area (Å²) in [4.78, 5) is 0. The zero-order chi connectivity index (χ0) is 15.5. The molecule has 4 rings (SSSR count). The topological polar surface area (TPSA) is 0 Å². The maximum atomic E-state index is 6.61. The quantitative estimate of drug-likeness (QED) is 0.473. The lowest BCUT2D eigenvalue weighted by Gasteiger charge is -2.60. The monoisotopic (exact) mass is 322 g/mol. The summed E-state index contributed by atoms with van der Waals surface area (Å²) in [6.45, 7) is 7.55. The van der Waals surface area contributed by atoms with Crippen LogP contribution in [0.2, 0.25) is 0 Å². The van der Waals surface area contributed by atoms with Crippen molar-refractivity contribution in [1.29, 1.82) is 0 Å². The summed E-state index contributed by atoms with van der Waals surface area (Å²) in [6, 6.07) is 0. The Morgan fingerprint density at radius 2 is 1.59 bits per heavy atom. The van der Waals surface area contributed by atoms with Crippen molar-refractivity contribution in [2.45, 2.75) is 90.4 Å². The van der Waals surface area contributed by atoms with E-state index in [0.717, 1.165) is 29.6 Å². The van der Waals surface area contributed by atoms with Gasteiger partial charge >= 0.3 is 0 Å². The number of fused-ring (bicyclic) bond motifs is 5. The first-order chi connectivity index (χ1) is 10.5. The second-order valence-electron chi connectivity index (χ2n) is 9.81. The predicted molar refractivity (Wildman–Crippen MR) is 95.1 cm³/mol. The van der Waals surface area contributed by atoms with E-state index >= 15 is 0 Å². The minimum Gasteiger partial charge on any atom is -0.123 e. The van der Waals surface area contributed by atoms with Crippen LogP contribution in [0.1, 0.15) is 85.0 Å². The fourth-order valence-electron chi connectivity index (χ4n) is 8.09. The Labute approximate surface area is 142 Å². The van der Waals surface area contributed by atoms with Gasteiger partial charge in [-0.1, -0.05) is 26.7 Å². The molecule has 4 saturated carbocycles. The number of hydrogen-bond acceptors (Lipinski definition) is 0. The highest BCUT2D eigenvalue weighted by Crippen LogP contribution is 2.67. The van der Waals surface area contributed by atoms with Gasteiger partial charge in [-0.25, -0.2) is 0 Å². The van der Waals surface area contributed by atoms with Crippen LogP contribution in [-0.2, 0) is 0 Å². The molecule has 4 aliphatic rings. The summed E-state index contributed by atoms with van der Waals surface area (Å²) in [5.41, 5.74) is 1.24. The molecule has 0 N–H and O–H groups in total. The van der Waals surface area contributed by atoms with Crippen molar-refractivity contribution in [2.24, 2.45) is 40.4 Å². The Morgan fingerprint density at radius 1 is 0.818 bits per heavy atom. The standard InChI is InChI=1S/C21H35Cl/c1-14(22)17-9-10-18-16-8-7-15-6-4-5-12-20(15,2)19(16)11-13-21(17,18)3/h14-19H,4-13H2,1-3H3/t14?,15?,16-,17+,18-,19-,20-,21+/m0/s1. The molecule has 0 heterocycles. The molecule has 0 spiro atoms. The van der Waals surface area contributed by atoms with E-state index < -0.39 is 0 Å². The van der Waals surface area contributed by atoms with Gasteiger partial charge in [-0.3, -0.25) is 0 Å². The third-order valence-electron chi connectivity index (χ3n) is 9.21. The van der Waals surface area contributed by atoms with Crippen molar-refractivity contribution in [3.05, 3.63) is 0 Å². The Morgan fingerprint density at radius 3 is 2.36 bits per heavy atom. The zero-order valence-electron chi connectivity index (χ0n) is 14.9. The summed E-state index contributed by atoms with van der Waals surface area (Å²) >= 11 is 6.61. The average Bonchev–Trinajstić information content (AvgIpc) is 2.84. The van der Waals surface area contributed by atoms with Gasteiger partial charge in [0.1, 0.15) is 0 Å². The summed E-state index contributed by atoms with van der Waals surface area (Å²) in [7, 11) is 0. The maximum absolute atomic E-state index is 6.61. The third-order valence-corrected chi connectivity index (χ3v) is 9.52. The molecule has 126 valence electrons. The molecule has 1 heteroatoms. The molecule has 0 nitrogen and oxygen atoms in total. The van der Waals surface area contributed by atoms with Crippen LogP contribution >= 0.6 is 11.6 Å². The van der Waals surface area contributed by atoms with E-state index in [2.05, 4.69) is 20.8 Å². The van der Waals surface area contributed by atoms with Gasteiger partial charge in [0, 0.05) is 5.38 Å². The van der Waals surface area contributed by atoms with Gasteiger partial charge in [0.2, 0.25) is 0 Å². The lowest BCUT2D eigenvalue weighted by atomic mass is 9.45. The Hall–Kier alpha value is 0.290. The van der Waals surface area contributed by atoms with Crippen molar-refractivity contribution in [3.63, 3.8) is 0 Å². The molecule has 4 fully saturated rings. The number of hydrogen-bond donors (Lipinski definition) is 0. The smallest absolute Gasteiger partial charge is 0.0341 e. The molecule has 0 radical (unpaired) electrons. The van der Waals surface area contributed by atoms with Crippen molar-refractivity contribution in [2.75, 3.05) is 0 Å². The van der Waals surface area contributed by atoms with Crippen LogP contribution in [0, 0.1) is 40.4 Å². The summed E-state index contributed by atoms with van der Waals surface area (Å²) < 4.78 is 0. The van der Waals surface area contributed by atoms with Crippen LogP contribution in [-0.4, -0.2) is 5.38 Å². The van der Waals surface area contributed by atoms with Crippen molar-refractivity contribution in [1.82, 2.24) is 0 Å². The first kappa shape index (κ1) is 15.8. The molecule has 0 aromatic rings. The molecule has 0 bridgehead atoms. The molecule has 8 atom stereocenters. The van der Waals surface area contributed by atoms with E-state index in [1.165, 1.54) is 64.2 Å². The SMILES string of the molecule is CC(Cl)[C@H]1CC[C@H]2[C@@H]3CCC4CCCC[C@]4(C)[C@H]3CC[C@]12C. The first-order valence-corrected chi connectivity index (χ1v) is 10.5. The Balaban J connectivity index is 1.62. The van der Waals surface area contributed by atoms with Gasteiger partial charge in [0.25, 0.3) is 0 Å². The molecule has 0 aliphatic heterocycles. The van der Waals surface area contributed by atoms with Gasteiger partial charge in [-0.15, -0.1) is 11.6 Å². The van der Waals surface area contributed by atoms with Crippen LogP contribution in [0.15, 0.2) is 0 Å². The van der Waals surface area contributed by atoms with Gasteiger partial charge in [0.05, 0.1) is 0 Å². The second-order valence-corrected chi connectivity index (χ2v) is 10.5. The highest BCUT2D eigenvalue weighted by atomic mass is 35.5. The molecular weight excluding hydrogens is 288 g/mol. The first-order valence-electron chi connectivity index (χ1n) is 10.1. The van der Waals surface area contributed by atoms with E-state index in [0.29, 0.717) is 16.2 Å².